The molecular formula is C23H27N3O5. The number of benzene rings is 2. The van der Waals surface area contributed by atoms with Crippen molar-refractivity contribution in [2.75, 3.05) is 38.4 Å². The highest BCUT2D eigenvalue weighted by Crippen LogP contribution is 2.33. The van der Waals surface area contributed by atoms with Crippen LogP contribution in [0.3, 0.4) is 0 Å². The quantitative estimate of drug-likeness (QED) is 0.358. The summed E-state index contributed by atoms with van der Waals surface area (Å²) in [5, 5.41) is 3.19. The molecule has 3 rings (SSSR count). The van der Waals surface area contributed by atoms with Gasteiger partial charge in [0.1, 0.15) is 18.1 Å². The summed E-state index contributed by atoms with van der Waals surface area (Å²) < 4.78 is 21.9. The van der Waals surface area contributed by atoms with Crippen molar-refractivity contribution in [1.82, 2.24) is 9.97 Å². The van der Waals surface area contributed by atoms with Crippen LogP contribution in [0.5, 0.6) is 11.5 Å². The van der Waals surface area contributed by atoms with E-state index >= 15 is 0 Å². The van der Waals surface area contributed by atoms with Crippen molar-refractivity contribution >= 4 is 28.5 Å². The third-order valence-electron chi connectivity index (χ3n) is 4.24. The van der Waals surface area contributed by atoms with Crippen molar-refractivity contribution in [3.05, 3.63) is 48.2 Å². The van der Waals surface area contributed by atoms with Gasteiger partial charge in [-0.15, -0.1) is 0 Å². The smallest absolute Gasteiger partial charge is 0.360 e. The molecule has 0 aliphatic carbocycles. The SMILES string of the molecule is CCOCCOC(=O)c1nc2ccccc2nc1Nc1cc(OCC)ccc1OCC. The zero-order chi connectivity index (χ0) is 22.1. The van der Waals surface area contributed by atoms with Crippen molar-refractivity contribution in [3.8, 4) is 11.5 Å². The minimum Gasteiger partial charge on any atom is -0.494 e. The first-order valence-electron chi connectivity index (χ1n) is 10.3. The molecule has 0 saturated heterocycles. The fraction of sp³-hybridized carbons (Fsp3) is 0.348. The van der Waals surface area contributed by atoms with Gasteiger partial charge in [0, 0.05) is 12.7 Å². The highest BCUT2D eigenvalue weighted by Gasteiger charge is 2.20. The summed E-state index contributed by atoms with van der Waals surface area (Å²) in [5.74, 6) is 0.966. The van der Waals surface area contributed by atoms with Crippen molar-refractivity contribution in [3.63, 3.8) is 0 Å². The lowest BCUT2D eigenvalue weighted by Gasteiger charge is -2.16. The zero-order valence-electron chi connectivity index (χ0n) is 18.0. The Morgan fingerprint density at radius 2 is 1.65 bits per heavy atom. The largest absolute Gasteiger partial charge is 0.494 e. The lowest BCUT2D eigenvalue weighted by Crippen LogP contribution is -2.15. The van der Waals surface area contributed by atoms with E-state index in [9.17, 15) is 4.79 Å². The Morgan fingerprint density at radius 3 is 2.35 bits per heavy atom. The first-order valence-corrected chi connectivity index (χ1v) is 10.3. The zero-order valence-corrected chi connectivity index (χ0v) is 18.0. The number of ether oxygens (including phenoxy) is 4. The van der Waals surface area contributed by atoms with Crippen molar-refractivity contribution in [1.29, 1.82) is 0 Å². The van der Waals surface area contributed by atoms with Crippen LogP contribution in [0.15, 0.2) is 42.5 Å². The van der Waals surface area contributed by atoms with Crippen LogP contribution in [0.1, 0.15) is 31.3 Å². The summed E-state index contributed by atoms with van der Waals surface area (Å²) in [6.45, 7) is 7.70. The van der Waals surface area contributed by atoms with Gasteiger partial charge in [-0.1, -0.05) is 12.1 Å². The molecular weight excluding hydrogens is 398 g/mol. The molecule has 8 heteroatoms. The molecule has 0 aliphatic rings. The molecule has 31 heavy (non-hydrogen) atoms. The minimum atomic E-state index is -0.584. The number of fused-ring (bicyclic) bond motifs is 1. The fourth-order valence-corrected chi connectivity index (χ4v) is 2.91. The molecule has 0 spiro atoms. The van der Waals surface area contributed by atoms with Crippen LogP contribution in [0.25, 0.3) is 11.0 Å². The van der Waals surface area contributed by atoms with Crippen LogP contribution < -0.4 is 14.8 Å². The van der Waals surface area contributed by atoms with E-state index in [1.165, 1.54) is 0 Å². The number of carbonyl (C=O) groups excluding carboxylic acids is 1. The molecule has 3 aromatic rings. The Labute approximate surface area is 181 Å². The molecule has 164 valence electrons. The van der Waals surface area contributed by atoms with E-state index in [1.54, 1.807) is 12.1 Å². The van der Waals surface area contributed by atoms with Crippen LogP contribution in [-0.2, 0) is 9.47 Å². The second-order valence-electron chi connectivity index (χ2n) is 6.39. The van der Waals surface area contributed by atoms with E-state index in [0.717, 1.165) is 0 Å². The van der Waals surface area contributed by atoms with Crippen LogP contribution in [-0.4, -0.2) is 49.0 Å². The molecule has 0 saturated carbocycles. The number of anilines is 2. The van der Waals surface area contributed by atoms with Gasteiger partial charge in [0.05, 0.1) is 36.5 Å². The number of esters is 1. The predicted molar refractivity (Wildman–Crippen MR) is 118 cm³/mol. The minimum absolute atomic E-state index is 0.0828. The van der Waals surface area contributed by atoms with E-state index < -0.39 is 5.97 Å². The van der Waals surface area contributed by atoms with Gasteiger partial charge in [0.25, 0.3) is 0 Å². The van der Waals surface area contributed by atoms with E-state index in [2.05, 4.69) is 15.3 Å². The molecule has 0 fully saturated rings. The number of hydrogen-bond donors (Lipinski definition) is 1. The Kier molecular flexibility index (Phi) is 8.00. The van der Waals surface area contributed by atoms with Gasteiger partial charge in [-0.05, 0) is 45.0 Å². The van der Waals surface area contributed by atoms with E-state index in [1.807, 2.05) is 51.1 Å². The Hall–Kier alpha value is -3.39. The fourth-order valence-electron chi connectivity index (χ4n) is 2.91. The molecule has 0 bridgehead atoms. The lowest BCUT2D eigenvalue weighted by atomic mass is 10.2. The monoisotopic (exact) mass is 425 g/mol. The summed E-state index contributed by atoms with van der Waals surface area (Å²) in [7, 11) is 0. The van der Waals surface area contributed by atoms with Gasteiger partial charge in [0.15, 0.2) is 11.5 Å². The second kappa shape index (κ2) is 11.1. The third-order valence-corrected chi connectivity index (χ3v) is 4.24. The lowest BCUT2D eigenvalue weighted by molar-refractivity contribution is 0.0330. The normalized spacial score (nSPS) is 10.7. The van der Waals surface area contributed by atoms with Crippen LogP contribution in [0.4, 0.5) is 11.5 Å². The first-order chi connectivity index (χ1) is 15.2. The summed E-state index contributed by atoms with van der Waals surface area (Å²) in [4.78, 5) is 21.9. The molecule has 0 atom stereocenters. The summed E-state index contributed by atoms with van der Waals surface area (Å²) in [6, 6.07) is 12.8. The van der Waals surface area contributed by atoms with Gasteiger partial charge in [0.2, 0.25) is 0 Å². The number of para-hydroxylation sites is 2. The highest BCUT2D eigenvalue weighted by molar-refractivity contribution is 5.96. The Bertz CT molecular complexity index is 1030. The van der Waals surface area contributed by atoms with E-state index in [-0.39, 0.29) is 18.1 Å². The number of rotatable bonds is 11. The molecule has 2 aromatic carbocycles. The van der Waals surface area contributed by atoms with E-state index in [0.29, 0.717) is 54.6 Å². The molecule has 8 nitrogen and oxygen atoms in total. The van der Waals surface area contributed by atoms with Gasteiger partial charge in [-0.25, -0.2) is 14.8 Å². The van der Waals surface area contributed by atoms with Crippen molar-refractivity contribution in [2.24, 2.45) is 0 Å². The second-order valence-corrected chi connectivity index (χ2v) is 6.39. The predicted octanol–water partition coefficient (Wildman–Crippen LogP) is 4.36. The molecule has 1 N–H and O–H groups in total. The van der Waals surface area contributed by atoms with E-state index in [4.69, 9.17) is 18.9 Å². The first kappa shape index (κ1) is 22.3. The molecule has 1 aromatic heterocycles. The van der Waals surface area contributed by atoms with Crippen LogP contribution >= 0.6 is 0 Å². The molecule has 0 radical (unpaired) electrons. The number of carbonyl (C=O) groups is 1. The maximum absolute atomic E-state index is 12.8. The summed E-state index contributed by atoms with van der Waals surface area (Å²) in [5.41, 5.74) is 1.94. The Morgan fingerprint density at radius 1 is 0.903 bits per heavy atom. The highest BCUT2D eigenvalue weighted by atomic mass is 16.6. The molecule has 0 unspecified atom stereocenters. The van der Waals surface area contributed by atoms with Gasteiger partial charge in [-0.2, -0.15) is 0 Å². The molecule has 0 aliphatic heterocycles. The summed E-state index contributed by atoms with van der Waals surface area (Å²) >= 11 is 0. The van der Waals surface area contributed by atoms with Crippen molar-refractivity contribution < 1.29 is 23.7 Å². The molecule has 1 heterocycles. The number of aromatic nitrogens is 2. The Balaban J connectivity index is 1.98. The number of nitrogens with zero attached hydrogens (tertiary/aromatic N) is 2. The summed E-state index contributed by atoms with van der Waals surface area (Å²) in [6.07, 6.45) is 0. The van der Waals surface area contributed by atoms with Crippen molar-refractivity contribution in [2.45, 2.75) is 20.8 Å². The van der Waals surface area contributed by atoms with Gasteiger partial charge >= 0.3 is 5.97 Å². The topological polar surface area (TPSA) is 91.8 Å². The number of nitrogens with one attached hydrogen (secondary N) is 1. The van der Waals surface area contributed by atoms with Gasteiger partial charge < -0.3 is 24.3 Å². The maximum Gasteiger partial charge on any atom is 0.360 e. The maximum atomic E-state index is 12.8. The third kappa shape index (κ3) is 5.82. The van der Waals surface area contributed by atoms with Crippen LogP contribution in [0.2, 0.25) is 0 Å². The standard InChI is InChI=1S/C23H27N3O5/c1-4-28-13-14-31-23(27)21-22(25-18-10-8-7-9-17(18)24-21)26-19-15-16(29-5-2)11-12-20(19)30-6-3/h7-12,15H,4-6,13-14H2,1-3H3,(H,25,26). The average molecular weight is 425 g/mol. The van der Waals surface area contributed by atoms with Gasteiger partial charge in [-0.3, -0.25) is 0 Å². The number of hydrogen-bond acceptors (Lipinski definition) is 8. The average Bonchev–Trinajstić information content (AvgIpc) is 2.78. The molecule has 0 amide bonds. The van der Waals surface area contributed by atoms with Crippen LogP contribution in [0, 0.1) is 0 Å².